The third-order valence-electron chi connectivity index (χ3n) is 2.71. The number of hydrogen-bond acceptors (Lipinski definition) is 3. The van der Waals surface area contributed by atoms with E-state index in [-0.39, 0.29) is 0 Å². The highest BCUT2D eigenvalue weighted by atomic mass is 16.5. The first-order valence-corrected chi connectivity index (χ1v) is 5.59. The maximum atomic E-state index is 8.33. The molecule has 1 heterocycles. The first kappa shape index (κ1) is 11.5. The topological polar surface area (TPSA) is 45.0 Å². The standard InChI is InChI=1S/C11H20N2O/c12-6-1-2-7-13-8-3-11-4-9-14-10-5-11/h11,13H,1-5,7-10H2. The summed E-state index contributed by atoms with van der Waals surface area (Å²) in [5.41, 5.74) is 0. The van der Waals surface area contributed by atoms with Crippen LogP contribution in [-0.2, 0) is 4.74 Å². The highest BCUT2D eigenvalue weighted by molar-refractivity contribution is 4.69. The van der Waals surface area contributed by atoms with Gasteiger partial charge in [0.1, 0.15) is 0 Å². The molecular formula is C11H20N2O. The molecule has 1 fully saturated rings. The van der Waals surface area contributed by atoms with Crippen LogP contribution in [0.5, 0.6) is 0 Å². The van der Waals surface area contributed by atoms with Gasteiger partial charge in [-0.2, -0.15) is 5.26 Å². The van der Waals surface area contributed by atoms with Gasteiger partial charge in [-0.1, -0.05) is 0 Å². The molecule has 1 rings (SSSR count). The summed E-state index contributed by atoms with van der Waals surface area (Å²) in [4.78, 5) is 0. The minimum atomic E-state index is 0.671. The zero-order valence-electron chi connectivity index (χ0n) is 8.80. The van der Waals surface area contributed by atoms with Crippen molar-refractivity contribution < 1.29 is 4.74 Å². The Morgan fingerprint density at radius 3 is 2.79 bits per heavy atom. The fourth-order valence-electron chi connectivity index (χ4n) is 1.76. The zero-order valence-corrected chi connectivity index (χ0v) is 8.80. The summed E-state index contributed by atoms with van der Waals surface area (Å²) in [7, 11) is 0. The molecule has 0 spiro atoms. The minimum absolute atomic E-state index is 0.671. The summed E-state index contributed by atoms with van der Waals surface area (Å²) in [5, 5.41) is 11.7. The van der Waals surface area contributed by atoms with Crippen molar-refractivity contribution in [1.29, 1.82) is 5.26 Å². The molecule has 0 aromatic rings. The second-order valence-electron chi connectivity index (χ2n) is 3.86. The molecule has 3 heteroatoms. The fraction of sp³-hybridized carbons (Fsp3) is 0.909. The maximum Gasteiger partial charge on any atom is 0.0622 e. The molecule has 0 radical (unpaired) electrons. The van der Waals surface area contributed by atoms with Gasteiger partial charge < -0.3 is 10.1 Å². The fourth-order valence-corrected chi connectivity index (χ4v) is 1.76. The molecular weight excluding hydrogens is 176 g/mol. The molecule has 0 atom stereocenters. The molecule has 1 N–H and O–H groups in total. The van der Waals surface area contributed by atoms with E-state index in [4.69, 9.17) is 10.00 Å². The van der Waals surface area contributed by atoms with Crippen molar-refractivity contribution in [3.63, 3.8) is 0 Å². The lowest BCUT2D eigenvalue weighted by molar-refractivity contribution is 0.0640. The van der Waals surface area contributed by atoms with Crippen molar-refractivity contribution in [3.8, 4) is 6.07 Å². The lowest BCUT2D eigenvalue weighted by Gasteiger charge is -2.21. The van der Waals surface area contributed by atoms with Crippen molar-refractivity contribution in [3.05, 3.63) is 0 Å². The van der Waals surface area contributed by atoms with E-state index in [0.29, 0.717) is 6.42 Å². The molecule has 0 aliphatic carbocycles. The molecule has 14 heavy (non-hydrogen) atoms. The van der Waals surface area contributed by atoms with Gasteiger partial charge in [0.2, 0.25) is 0 Å². The Labute approximate surface area is 86.4 Å². The lowest BCUT2D eigenvalue weighted by atomic mass is 9.97. The smallest absolute Gasteiger partial charge is 0.0622 e. The molecule has 1 saturated heterocycles. The van der Waals surface area contributed by atoms with Crippen LogP contribution in [0.4, 0.5) is 0 Å². The molecule has 0 amide bonds. The molecule has 0 saturated carbocycles. The number of rotatable bonds is 6. The van der Waals surface area contributed by atoms with Gasteiger partial charge in [0.05, 0.1) is 6.07 Å². The highest BCUT2D eigenvalue weighted by Crippen LogP contribution is 2.17. The second kappa shape index (κ2) is 7.78. The SMILES string of the molecule is N#CCCCNCCC1CCOCC1. The number of nitriles is 1. The summed E-state index contributed by atoms with van der Waals surface area (Å²) in [5.74, 6) is 0.854. The zero-order chi connectivity index (χ0) is 10.1. The van der Waals surface area contributed by atoms with Crippen molar-refractivity contribution in [2.45, 2.75) is 32.1 Å². The van der Waals surface area contributed by atoms with Crippen molar-refractivity contribution in [1.82, 2.24) is 5.32 Å². The van der Waals surface area contributed by atoms with Crippen molar-refractivity contribution in [2.75, 3.05) is 26.3 Å². The number of nitrogens with one attached hydrogen (secondary N) is 1. The number of hydrogen-bond donors (Lipinski definition) is 1. The van der Waals surface area contributed by atoms with E-state index < -0.39 is 0 Å². The van der Waals surface area contributed by atoms with Crippen LogP contribution < -0.4 is 5.32 Å². The van der Waals surface area contributed by atoms with E-state index in [2.05, 4.69) is 11.4 Å². The Morgan fingerprint density at radius 2 is 2.07 bits per heavy atom. The van der Waals surface area contributed by atoms with Crippen molar-refractivity contribution >= 4 is 0 Å². The van der Waals surface area contributed by atoms with Gasteiger partial charge in [-0.3, -0.25) is 0 Å². The minimum Gasteiger partial charge on any atom is -0.381 e. The van der Waals surface area contributed by atoms with Gasteiger partial charge in [0.25, 0.3) is 0 Å². The third kappa shape index (κ3) is 5.21. The Bertz CT molecular complexity index is 171. The largest absolute Gasteiger partial charge is 0.381 e. The second-order valence-corrected chi connectivity index (χ2v) is 3.86. The van der Waals surface area contributed by atoms with E-state index in [1.807, 2.05) is 0 Å². The van der Waals surface area contributed by atoms with Gasteiger partial charge in [-0.15, -0.1) is 0 Å². The van der Waals surface area contributed by atoms with E-state index in [0.717, 1.165) is 38.6 Å². The Morgan fingerprint density at radius 1 is 1.29 bits per heavy atom. The summed E-state index contributed by atoms with van der Waals surface area (Å²) in [6.45, 7) is 3.96. The van der Waals surface area contributed by atoms with Gasteiger partial charge in [0.15, 0.2) is 0 Å². The predicted octanol–water partition coefficient (Wildman–Crippen LogP) is 1.70. The number of ether oxygens (including phenoxy) is 1. The molecule has 1 aliphatic rings. The average Bonchev–Trinajstić information content (AvgIpc) is 2.25. The van der Waals surface area contributed by atoms with Crippen LogP contribution in [0.25, 0.3) is 0 Å². The summed E-state index contributed by atoms with van der Waals surface area (Å²) in [6.07, 6.45) is 5.35. The molecule has 0 unspecified atom stereocenters. The normalized spacial score (nSPS) is 17.9. The monoisotopic (exact) mass is 196 g/mol. The van der Waals surface area contributed by atoms with Gasteiger partial charge in [-0.05, 0) is 44.7 Å². The van der Waals surface area contributed by atoms with Crippen LogP contribution >= 0.6 is 0 Å². The summed E-state index contributed by atoms with van der Waals surface area (Å²) >= 11 is 0. The number of nitrogens with zero attached hydrogens (tertiary/aromatic N) is 1. The van der Waals surface area contributed by atoms with Crippen LogP contribution in [0.2, 0.25) is 0 Å². The highest BCUT2D eigenvalue weighted by Gasteiger charge is 2.12. The molecule has 0 aromatic heterocycles. The van der Waals surface area contributed by atoms with Crippen LogP contribution in [0, 0.1) is 17.2 Å². The molecule has 80 valence electrons. The van der Waals surface area contributed by atoms with Gasteiger partial charge in [-0.25, -0.2) is 0 Å². The maximum absolute atomic E-state index is 8.33. The van der Waals surface area contributed by atoms with Crippen LogP contribution in [0.15, 0.2) is 0 Å². The Balaban J connectivity index is 1.85. The Hall–Kier alpha value is -0.590. The summed E-state index contributed by atoms with van der Waals surface area (Å²) < 4.78 is 5.30. The number of unbranched alkanes of at least 4 members (excludes halogenated alkanes) is 1. The van der Waals surface area contributed by atoms with Crippen LogP contribution in [0.3, 0.4) is 0 Å². The first-order chi connectivity index (χ1) is 6.93. The van der Waals surface area contributed by atoms with Crippen molar-refractivity contribution in [2.24, 2.45) is 5.92 Å². The van der Waals surface area contributed by atoms with Crippen LogP contribution in [0.1, 0.15) is 32.1 Å². The quantitative estimate of drug-likeness (QED) is 0.658. The van der Waals surface area contributed by atoms with E-state index >= 15 is 0 Å². The van der Waals surface area contributed by atoms with E-state index in [1.165, 1.54) is 19.3 Å². The Kier molecular flexibility index (Phi) is 6.38. The molecule has 0 aromatic carbocycles. The third-order valence-corrected chi connectivity index (χ3v) is 2.71. The molecule has 1 aliphatic heterocycles. The summed E-state index contributed by atoms with van der Waals surface area (Å²) in [6, 6.07) is 2.15. The predicted molar refractivity (Wildman–Crippen MR) is 55.9 cm³/mol. The molecule has 0 bridgehead atoms. The van der Waals surface area contributed by atoms with Gasteiger partial charge >= 0.3 is 0 Å². The lowest BCUT2D eigenvalue weighted by Crippen LogP contribution is -2.23. The van der Waals surface area contributed by atoms with Gasteiger partial charge in [0, 0.05) is 19.6 Å². The van der Waals surface area contributed by atoms with E-state index in [9.17, 15) is 0 Å². The molecule has 3 nitrogen and oxygen atoms in total. The average molecular weight is 196 g/mol. The van der Waals surface area contributed by atoms with E-state index in [1.54, 1.807) is 0 Å². The van der Waals surface area contributed by atoms with Crippen LogP contribution in [-0.4, -0.2) is 26.3 Å². The first-order valence-electron chi connectivity index (χ1n) is 5.59.